The lowest BCUT2D eigenvalue weighted by Crippen LogP contribution is -2.32. The summed E-state index contributed by atoms with van der Waals surface area (Å²) in [7, 11) is 1.83. The average Bonchev–Trinajstić information content (AvgIpc) is 2.27. The molecule has 0 spiro atoms. The minimum absolute atomic E-state index is 0.452. The van der Waals surface area contributed by atoms with Gasteiger partial charge in [0.1, 0.15) is 6.04 Å². The Morgan fingerprint density at radius 1 is 1.50 bits per heavy atom. The topological polar surface area (TPSA) is 95.7 Å². The molecular formula is C10H21N3O3. The van der Waals surface area contributed by atoms with Crippen LogP contribution in [-0.2, 0) is 9.59 Å². The molecule has 0 saturated heterocycles. The summed E-state index contributed by atoms with van der Waals surface area (Å²) in [4.78, 5) is 22.7. The Kier molecular flexibility index (Phi) is 8.46. The summed E-state index contributed by atoms with van der Waals surface area (Å²) in [6.07, 6.45) is 2.77. The molecule has 0 bridgehead atoms. The van der Waals surface area contributed by atoms with Crippen LogP contribution in [0.2, 0.25) is 0 Å². The number of carboxylic acid groups (broad SMARTS) is 1. The van der Waals surface area contributed by atoms with Crippen molar-refractivity contribution in [3.8, 4) is 0 Å². The highest BCUT2D eigenvalue weighted by Gasteiger charge is 2.10. The number of aliphatic carboxylic acids is 1. The van der Waals surface area contributed by atoms with E-state index in [0.29, 0.717) is 19.5 Å². The normalized spacial score (nSPS) is 12.1. The molecule has 0 aliphatic rings. The molecule has 0 aromatic heterocycles. The van der Waals surface area contributed by atoms with Crippen LogP contribution >= 0.6 is 0 Å². The lowest BCUT2D eigenvalue weighted by atomic mass is 10.1. The molecule has 4 N–H and O–H groups in total. The van der Waals surface area contributed by atoms with E-state index in [-0.39, 0.29) is 0 Å². The van der Waals surface area contributed by atoms with Crippen LogP contribution in [0, 0.1) is 0 Å². The standard InChI is InChI=1S/C10H21N3O3/c1-12-5-7-13(8-14)6-3-2-4-9(11)10(15)16/h8-9,12H,2-7,11H2,1H3,(H,15,16)/t9-/m0/s1. The van der Waals surface area contributed by atoms with Crippen molar-refractivity contribution in [1.82, 2.24) is 10.2 Å². The fraction of sp³-hybridized carbons (Fsp3) is 0.800. The van der Waals surface area contributed by atoms with E-state index in [2.05, 4.69) is 5.32 Å². The summed E-state index contributed by atoms with van der Waals surface area (Å²) in [5, 5.41) is 11.5. The van der Waals surface area contributed by atoms with Crippen molar-refractivity contribution in [1.29, 1.82) is 0 Å². The third-order valence-corrected chi connectivity index (χ3v) is 2.33. The molecule has 0 aliphatic heterocycles. The molecule has 0 unspecified atom stereocenters. The number of likely N-dealkylation sites (N-methyl/N-ethyl adjacent to an activating group) is 1. The smallest absolute Gasteiger partial charge is 0.320 e. The molecule has 6 heteroatoms. The number of carbonyl (C=O) groups excluding carboxylic acids is 1. The number of carbonyl (C=O) groups is 2. The predicted octanol–water partition coefficient (Wildman–Crippen LogP) is -0.754. The van der Waals surface area contributed by atoms with Gasteiger partial charge in [-0.2, -0.15) is 0 Å². The lowest BCUT2D eigenvalue weighted by molar-refractivity contribution is -0.138. The Morgan fingerprint density at radius 3 is 2.69 bits per heavy atom. The molecule has 94 valence electrons. The quantitative estimate of drug-likeness (QED) is 0.339. The predicted molar refractivity (Wildman–Crippen MR) is 61.0 cm³/mol. The zero-order valence-electron chi connectivity index (χ0n) is 9.69. The number of amides is 1. The summed E-state index contributed by atoms with van der Waals surface area (Å²) in [6, 6.07) is -0.790. The zero-order chi connectivity index (χ0) is 12.4. The van der Waals surface area contributed by atoms with Crippen LogP contribution < -0.4 is 11.1 Å². The van der Waals surface area contributed by atoms with Crippen molar-refractivity contribution in [2.24, 2.45) is 5.73 Å². The molecule has 0 heterocycles. The monoisotopic (exact) mass is 231 g/mol. The van der Waals surface area contributed by atoms with Crippen LogP contribution in [0.15, 0.2) is 0 Å². The van der Waals surface area contributed by atoms with Crippen LogP contribution in [0.4, 0.5) is 0 Å². The molecule has 0 rings (SSSR count). The van der Waals surface area contributed by atoms with Gasteiger partial charge in [0.25, 0.3) is 0 Å². The van der Waals surface area contributed by atoms with E-state index in [1.165, 1.54) is 0 Å². The Hall–Kier alpha value is -1.14. The van der Waals surface area contributed by atoms with Crippen molar-refractivity contribution in [2.75, 3.05) is 26.7 Å². The van der Waals surface area contributed by atoms with Gasteiger partial charge >= 0.3 is 5.97 Å². The first-order valence-corrected chi connectivity index (χ1v) is 5.44. The van der Waals surface area contributed by atoms with Crippen LogP contribution in [0.1, 0.15) is 19.3 Å². The van der Waals surface area contributed by atoms with Crippen molar-refractivity contribution >= 4 is 12.4 Å². The van der Waals surface area contributed by atoms with Gasteiger partial charge in [-0.05, 0) is 26.3 Å². The first kappa shape index (κ1) is 14.9. The molecule has 0 aromatic carbocycles. The Morgan fingerprint density at radius 2 is 2.19 bits per heavy atom. The number of rotatable bonds is 10. The van der Waals surface area contributed by atoms with E-state index in [0.717, 1.165) is 25.8 Å². The number of unbranched alkanes of at least 4 members (excludes halogenated alkanes) is 1. The third-order valence-electron chi connectivity index (χ3n) is 2.33. The molecule has 0 aliphatic carbocycles. The second-order valence-electron chi connectivity index (χ2n) is 3.69. The largest absolute Gasteiger partial charge is 0.480 e. The first-order valence-electron chi connectivity index (χ1n) is 5.44. The molecular weight excluding hydrogens is 210 g/mol. The summed E-state index contributed by atoms with van der Waals surface area (Å²) in [5.41, 5.74) is 5.35. The average molecular weight is 231 g/mol. The lowest BCUT2D eigenvalue weighted by Gasteiger charge is -2.17. The van der Waals surface area contributed by atoms with Gasteiger partial charge in [0, 0.05) is 19.6 Å². The van der Waals surface area contributed by atoms with E-state index in [1.807, 2.05) is 7.05 Å². The van der Waals surface area contributed by atoms with Gasteiger partial charge in [0.05, 0.1) is 0 Å². The fourth-order valence-electron chi connectivity index (χ4n) is 1.28. The van der Waals surface area contributed by atoms with Crippen LogP contribution in [0.3, 0.4) is 0 Å². The van der Waals surface area contributed by atoms with E-state index in [9.17, 15) is 9.59 Å². The highest BCUT2D eigenvalue weighted by molar-refractivity contribution is 5.72. The van der Waals surface area contributed by atoms with Gasteiger partial charge in [0.15, 0.2) is 0 Å². The van der Waals surface area contributed by atoms with Gasteiger partial charge in [-0.15, -0.1) is 0 Å². The van der Waals surface area contributed by atoms with Gasteiger partial charge in [-0.3, -0.25) is 9.59 Å². The van der Waals surface area contributed by atoms with Crippen molar-refractivity contribution < 1.29 is 14.7 Å². The van der Waals surface area contributed by atoms with Gasteiger partial charge in [0.2, 0.25) is 6.41 Å². The molecule has 6 nitrogen and oxygen atoms in total. The minimum atomic E-state index is -0.970. The van der Waals surface area contributed by atoms with E-state index < -0.39 is 12.0 Å². The minimum Gasteiger partial charge on any atom is -0.480 e. The highest BCUT2D eigenvalue weighted by Crippen LogP contribution is 2.00. The summed E-state index contributed by atoms with van der Waals surface area (Å²) in [5.74, 6) is -0.970. The molecule has 0 aromatic rings. The summed E-state index contributed by atoms with van der Waals surface area (Å²) >= 11 is 0. The molecule has 1 atom stereocenters. The van der Waals surface area contributed by atoms with Crippen molar-refractivity contribution in [3.63, 3.8) is 0 Å². The zero-order valence-corrected chi connectivity index (χ0v) is 9.69. The third kappa shape index (κ3) is 7.19. The SMILES string of the molecule is CNCCN(C=O)CCCC[C@H](N)C(=O)O. The maximum Gasteiger partial charge on any atom is 0.320 e. The first-order chi connectivity index (χ1) is 7.61. The number of hydrogen-bond donors (Lipinski definition) is 3. The van der Waals surface area contributed by atoms with E-state index in [4.69, 9.17) is 10.8 Å². The number of nitrogens with two attached hydrogens (primary N) is 1. The number of nitrogens with one attached hydrogen (secondary N) is 1. The van der Waals surface area contributed by atoms with E-state index in [1.54, 1.807) is 4.90 Å². The van der Waals surface area contributed by atoms with Crippen LogP contribution in [0.5, 0.6) is 0 Å². The van der Waals surface area contributed by atoms with Crippen LogP contribution in [0.25, 0.3) is 0 Å². The maximum absolute atomic E-state index is 10.6. The number of carboxylic acids is 1. The van der Waals surface area contributed by atoms with Gasteiger partial charge in [-0.1, -0.05) is 0 Å². The molecule has 16 heavy (non-hydrogen) atoms. The summed E-state index contributed by atoms with van der Waals surface area (Å²) in [6.45, 7) is 2.08. The van der Waals surface area contributed by atoms with Crippen LogP contribution in [-0.4, -0.2) is 55.1 Å². The van der Waals surface area contributed by atoms with Gasteiger partial charge in [-0.25, -0.2) is 0 Å². The molecule has 0 radical (unpaired) electrons. The number of hydrogen-bond acceptors (Lipinski definition) is 4. The Labute approximate surface area is 95.8 Å². The van der Waals surface area contributed by atoms with Crippen molar-refractivity contribution in [2.45, 2.75) is 25.3 Å². The second-order valence-corrected chi connectivity index (χ2v) is 3.69. The Bertz CT molecular complexity index is 211. The maximum atomic E-state index is 10.6. The molecule has 1 amide bonds. The Balaban J connectivity index is 3.54. The summed E-state index contributed by atoms with van der Waals surface area (Å²) < 4.78 is 0. The number of nitrogens with zero attached hydrogens (tertiary/aromatic N) is 1. The highest BCUT2D eigenvalue weighted by atomic mass is 16.4. The molecule has 0 saturated carbocycles. The van der Waals surface area contributed by atoms with Gasteiger partial charge < -0.3 is 21.1 Å². The second kappa shape index (κ2) is 9.11. The molecule has 0 fully saturated rings. The van der Waals surface area contributed by atoms with E-state index >= 15 is 0 Å². The van der Waals surface area contributed by atoms with Crippen molar-refractivity contribution in [3.05, 3.63) is 0 Å². The fourth-order valence-corrected chi connectivity index (χ4v) is 1.28.